The summed E-state index contributed by atoms with van der Waals surface area (Å²) < 4.78 is 10.9. The number of nitrogens with one attached hydrogen (secondary N) is 2. The summed E-state index contributed by atoms with van der Waals surface area (Å²) in [7, 11) is 4.79. The van der Waals surface area contributed by atoms with Crippen LogP contribution in [0.5, 0.6) is 11.5 Å². The van der Waals surface area contributed by atoms with Gasteiger partial charge in [-0.05, 0) is 18.2 Å². The molecule has 150 valence electrons. The minimum Gasteiger partial charge on any atom is -0.493 e. The molecule has 2 heterocycles. The third-order valence-corrected chi connectivity index (χ3v) is 5.31. The quantitative estimate of drug-likeness (QED) is 0.694. The van der Waals surface area contributed by atoms with Crippen molar-refractivity contribution in [1.29, 1.82) is 0 Å². The first kappa shape index (κ1) is 18.8. The molecule has 0 unspecified atom stereocenters. The molecule has 2 aromatic carbocycles. The lowest BCUT2D eigenvalue weighted by molar-refractivity contribution is -0.128. The van der Waals surface area contributed by atoms with Crippen LogP contribution in [0.2, 0.25) is 0 Å². The maximum absolute atomic E-state index is 13.1. The second-order valence-electron chi connectivity index (χ2n) is 6.93. The molecule has 8 heteroatoms. The molecule has 0 bridgehead atoms. The number of aromatic nitrogens is 2. The third kappa shape index (κ3) is 3.26. The first-order chi connectivity index (χ1) is 14.0. The highest BCUT2D eigenvalue weighted by Crippen LogP contribution is 2.44. The van der Waals surface area contributed by atoms with E-state index in [1.165, 1.54) is 0 Å². The SMILES string of the molecule is COc1cccc([C@@H]2[C@H](C(=O)Nc3nc4ccccc4[nH]3)CC(=O)N2C)c1OC. The van der Waals surface area contributed by atoms with Gasteiger partial charge in [0, 0.05) is 19.0 Å². The minimum atomic E-state index is -0.596. The predicted octanol–water partition coefficient (Wildman–Crippen LogP) is 2.74. The zero-order valence-electron chi connectivity index (χ0n) is 16.4. The van der Waals surface area contributed by atoms with Crippen LogP contribution in [0.15, 0.2) is 42.5 Å². The second kappa shape index (κ2) is 7.46. The lowest BCUT2D eigenvalue weighted by atomic mass is 9.92. The van der Waals surface area contributed by atoms with Crippen molar-refractivity contribution < 1.29 is 19.1 Å². The van der Waals surface area contributed by atoms with Gasteiger partial charge in [-0.3, -0.25) is 14.9 Å². The van der Waals surface area contributed by atoms with Crippen LogP contribution in [0.4, 0.5) is 5.95 Å². The third-order valence-electron chi connectivity index (χ3n) is 5.31. The number of carbonyl (C=O) groups is 2. The van der Waals surface area contributed by atoms with E-state index in [2.05, 4.69) is 15.3 Å². The maximum atomic E-state index is 13.1. The number of carbonyl (C=O) groups excluding carboxylic acids is 2. The monoisotopic (exact) mass is 394 g/mol. The number of fused-ring (bicyclic) bond motifs is 1. The van der Waals surface area contributed by atoms with E-state index in [4.69, 9.17) is 9.47 Å². The van der Waals surface area contributed by atoms with Gasteiger partial charge in [0.05, 0.1) is 37.2 Å². The summed E-state index contributed by atoms with van der Waals surface area (Å²) in [6, 6.07) is 12.5. The number of nitrogens with zero attached hydrogens (tertiary/aromatic N) is 2. The molecule has 4 rings (SSSR count). The summed E-state index contributed by atoms with van der Waals surface area (Å²) in [5.74, 6) is 0.440. The molecule has 2 amide bonds. The first-order valence-corrected chi connectivity index (χ1v) is 9.25. The topological polar surface area (TPSA) is 96.5 Å². The van der Waals surface area contributed by atoms with Crippen LogP contribution in [-0.4, -0.2) is 47.9 Å². The van der Waals surface area contributed by atoms with E-state index in [9.17, 15) is 9.59 Å². The Morgan fingerprint density at radius 3 is 2.69 bits per heavy atom. The van der Waals surface area contributed by atoms with E-state index in [-0.39, 0.29) is 18.2 Å². The smallest absolute Gasteiger partial charge is 0.232 e. The number of imidazole rings is 1. The molecule has 0 spiro atoms. The van der Waals surface area contributed by atoms with Crippen LogP contribution in [0.3, 0.4) is 0 Å². The van der Waals surface area contributed by atoms with Crippen molar-refractivity contribution in [1.82, 2.24) is 14.9 Å². The van der Waals surface area contributed by atoms with Gasteiger partial charge in [0.2, 0.25) is 17.8 Å². The number of likely N-dealkylation sites (tertiary alicyclic amines) is 1. The molecule has 1 aliphatic rings. The highest BCUT2D eigenvalue weighted by atomic mass is 16.5. The number of rotatable bonds is 5. The summed E-state index contributed by atoms with van der Waals surface area (Å²) in [5.41, 5.74) is 2.31. The van der Waals surface area contributed by atoms with Gasteiger partial charge in [0.25, 0.3) is 0 Å². The Hall–Kier alpha value is -3.55. The molecule has 1 fully saturated rings. The van der Waals surface area contributed by atoms with Gasteiger partial charge in [-0.2, -0.15) is 0 Å². The molecule has 2 atom stereocenters. The summed E-state index contributed by atoms with van der Waals surface area (Å²) in [6.45, 7) is 0. The first-order valence-electron chi connectivity index (χ1n) is 9.25. The van der Waals surface area contributed by atoms with Gasteiger partial charge >= 0.3 is 0 Å². The van der Waals surface area contributed by atoms with E-state index < -0.39 is 12.0 Å². The molecule has 0 radical (unpaired) electrons. The molecule has 8 nitrogen and oxygen atoms in total. The van der Waals surface area contributed by atoms with Gasteiger partial charge in [-0.1, -0.05) is 24.3 Å². The van der Waals surface area contributed by atoms with E-state index in [1.807, 2.05) is 36.4 Å². The van der Waals surface area contributed by atoms with Crippen LogP contribution in [0.25, 0.3) is 11.0 Å². The highest BCUT2D eigenvalue weighted by Gasteiger charge is 2.44. The summed E-state index contributed by atoms with van der Waals surface area (Å²) >= 11 is 0. The Bertz CT molecular complexity index is 1040. The normalized spacial score (nSPS) is 18.9. The number of H-pyrrole nitrogens is 1. The summed E-state index contributed by atoms with van der Waals surface area (Å²) in [6.07, 6.45) is 0.105. The van der Waals surface area contributed by atoms with Crippen molar-refractivity contribution in [2.75, 3.05) is 26.6 Å². The molecule has 0 saturated carbocycles. The average molecular weight is 394 g/mol. The summed E-state index contributed by atoms with van der Waals surface area (Å²) in [4.78, 5) is 34.6. The van der Waals surface area contributed by atoms with E-state index in [1.54, 1.807) is 32.2 Å². The number of methoxy groups -OCH3 is 2. The minimum absolute atomic E-state index is 0.105. The summed E-state index contributed by atoms with van der Waals surface area (Å²) in [5, 5.41) is 2.82. The fourth-order valence-corrected chi connectivity index (χ4v) is 3.90. The standard InChI is InChI=1S/C21H22N4O4/c1-25-17(26)11-13(18(25)12-7-6-10-16(28-2)19(12)29-3)20(27)24-21-22-14-8-4-5-9-15(14)23-21/h4-10,13,18H,11H2,1-3H3,(H2,22,23,24,27)/t13-,18-/m1/s1. The maximum Gasteiger partial charge on any atom is 0.232 e. The van der Waals surface area contributed by atoms with Crippen LogP contribution < -0.4 is 14.8 Å². The van der Waals surface area contributed by atoms with Crippen molar-refractivity contribution in [3.05, 3.63) is 48.0 Å². The van der Waals surface area contributed by atoms with Crippen molar-refractivity contribution in [3.63, 3.8) is 0 Å². The van der Waals surface area contributed by atoms with E-state index in [0.717, 1.165) is 16.6 Å². The molecule has 3 aromatic rings. The number of benzene rings is 2. The Labute approximate surface area is 167 Å². The molecule has 0 aliphatic carbocycles. The molecule has 29 heavy (non-hydrogen) atoms. The Morgan fingerprint density at radius 1 is 1.17 bits per heavy atom. The molecule has 1 saturated heterocycles. The molecule has 2 N–H and O–H groups in total. The number of aromatic amines is 1. The van der Waals surface area contributed by atoms with Gasteiger partial charge in [-0.25, -0.2) is 4.98 Å². The average Bonchev–Trinajstić information content (AvgIpc) is 3.27. The number of ether oxygens (including phenoxy) is 2. The van der Waals surface area contributed by atoms with Crippen LogP contribution >= 0.6 is 0 Å². The second-order valence-corrected chi connectivity index (χ2v) is 6.93. The molecule has 1 aliphatic heterocycles. The lowest BCUT2D eigenvalue weighted by Gasteiger charge is -2.26. The van der Waals surface area contributed by atoms with Gasteiger partial charge in [0.1, 0.15) is 0 Å². The van der Waals surface area contributed by atoms with Crippen LogP contribution in [-0.2, 0) is 9.59 Å². The van der Waals surface area contributed by atoms with Crippen molar-refractivity contribution >= 4 is 28.8 Å². The Morgan fingerprint density at radius 2 is 1.97 bits per heavy atom. The van der Waals surface area contributed by atoms with Crippen molar-refractivity contribution in [3.8, 4) is 11.5 Å². The fourth-order valence-electron chi connectivity index (χ4n) is 3.90. The number of para-hydroxylation sites is 3. The zero-order chi connectivity index (χ0) is 20.5. The molecular weight excluding hydrogens is 372 g/mol. The number of hydrogen-bond donors (Lipinski definition) is 2. The number of hydrogen-bond acceptors (Lipinski definition) is 5. The van der Waals surface area contributed by atoms with Gasteiger partial charge < -0.3 is 19.4 Å². The van der Waals surface area contributed by atoms with E-state index >= 15 is 0 Å². The Balaban J connectivity index is 1.66. The fraction of sp³-hybridized carbons (Fsp3) is 0.286. The van der Waals surface area contributed by atoms with E-state index in [0.29, 0.717) is 17.4 Å². The van der Waals surface area contributed by atoms with Crippen LogP contribution in [0, 0.1) is 5.92 Å². The largest absolute Gasteiger partial charge is 0.493 e. The van der Waals surface area contributed by atoms with Crippen molar-refractivity contribution in [2.45, 2.75) is 12.5 Å². The highest BCUT2D eigenvalue weighted by molar-refractivity contribution is 5.98. The van der Waals surface area contributed by atoms with Gasteiger partial charge in [-0.15, -0.1) is 0 Å². The van der Waals surface area contributed by atoms with Crippen LogP contribution in [0.1, 0.15) is 18.0 Å². The number of amides is 2. The predicted molar refractivity (Wildman–Crippen MR) is 108 cm³/mol. The number of anilines is 1. The molecular formula is C21H22N4O4. The Kier molecular flexibility index (Phi) is 4.84. The van der Waals surface area contributed by atoms with Crippen molar-refractivity contribution in [2.24, 2.45) is 5.92 Å². The molecule has 1 aromatic heterocycles. The zero-order valence-corrected chi connectivity index (χ0v) is 16.4. The lowest BCUT2D eigenvalue weighted by Crippen LogP contribution is -2.30. The van der Waals surface area contributed by atoms with Gasteiger partial charge in [0.15, 0.2) is 11.5 Å².